The van der Waals surface area contributed by atoms with Crippen molar-refractivity contribution < 1.29 is 23.0 Å². The molecule has 0 bridgehead atoms. The van der Waals surface area contributed by atoms with Crippen LogP contribution in [0.15, 0.2) is 42.5 Å². The highest BCUT2D eigenvalue weighted by molar-refractivity contribution is 5.91. The van der Waals surface area contributed by atoms with Crippen LogP contribution in [0.4, 0.5) is 19.4 Å². The molecule has 1 fully saturated rings. The molecular formula is C25H28F2N4O3. The number of amides is 1. The first-order valence-electron chi connectivity index (χ1n) is 11.3. The van der Waals surface area contributed by atoms with E-state index in [4.69, 9.17) is 14.5 Å². The van der Waals surface area contributed by atoms with Gasteiger partial charge in [0.15, 0.2) is 5.82 Å². The van der Waals surface area contributed by atoms with Gasteiger partial charge < -0.3 is 19.7 Å². The number of methoxy groups -OCH3 is 1. The molecule has 0 saturated carbocycles. The molecule has 1 aliphatic rings. The summed E-state index contributed by atoms with van der Waals surface area (Å²) in [5.41, 5.74) is 1.99. The fourth-order valence-corrected chi connectivity index (χ4v) is 4.14. The van der Waals surface area contributed by atoms with Crippen molar-refractivity contribution in [2.75, 3.05) is 38.3 Å². The van der Waals surface area contributed by atoms with Crippen molar-refractivity contribution in [2.45, 2.75) is 32.2 Å². The van der Waals surface area contributed by atoms with Crippen molar-refractivity contribution in [1.29, 1.82) is 0 Å². The number of aromatic nitrogens is 2. The van der Waals surface area contributed by atoms with Gasteiger partial charge in [-0.25, -0.2) is 23.5 Å². The maximum absolute atomic E-state index is 13.7. The topological polar surface area (TPSA) is 76.6 Å². The van der Waals surface area contributed by atoms with Crippen LogP contribution in [0, 0.1) is 6.92 Å². The lowest BCUT2D eigenvalue weighted by Gasteiger charge is -2.33. The number of anilines is 1. The van der Waals surface area contributed by atoms with Crippen LogP contribution in [0.5, 0.6) is 0 Å². The summed E-state index contributed by atoms with van der Waals surface area (Å²) >= 11 is 0. The summed E-state index contributed by atoms with van der Waals surface area (Å²) in [6, 6.07) is 12.2. The van der Waals surface area contributed by atoms with Crippen LogP contribution in [0.2, 0.25) is 0 Å². The van der Waals surface area contributed by atoms with Crippen molar-refractivity contribution in [2.24, 2.45) is 0 Å². The molecule has 9 heteroatoms. The summed E-state index contributed by atoms with van der Waals surface area (Å²) in [7, 11) is 1.55. The lowest BCUT2D eigenvalue weighted by atomic mass is 10.0. The predicted octanol–water partition coefficient (Wildman–Crippen LogP) is 4.88. The summed E-state index contributed by atoms with van der Waals surface area (Å²) in [6.07, 6.45) is -1.66. The monoisotopic (exact) mass is 470 g/mol. The van der Waals surface area contributed by atoms with Gasteiger partial charge in [-0.1, -0.05) is 30.3 Å². The average Bonchev–Trinajstić information content (AvgIpc) is 2.84. The van der Waals surface area contributed by atoms with E-state index in [0.29, 0.717) is 49.4 Å². The highest BCUT2D eigenvalue weighted by atomic mass is 19.3. The molecule has 1 amide bonds. The van der Waals surface area contributed by atoms with Crippen molar-refractivity contribution in [3.8, 4) is 11.4 Å². The van der Waals surface area contributed by atoms with E-state index in [0.717, 1.165) is 10.9 Å². The number of nitrogens with one attached hydrogen (secondary N) is 1. The Labute approximate surface area is 197 Å². The third-order valence-electron chi connectivity index (χ3n) is 5.91. The number of aryl methyl sites for hydroxylation is 1. The van der Waals surface area contributed by atoms with Gasteiger partial charge in [-0.15, -0.1) is 0 Å². The average molecular weight is 471 g/mol. The molecule has 1 saturated heterocycles. The summed E-state index contributed by atoms with van der Waals surface area (Å²) < 4.78 is 37.3. The zero-order valence-electron chi connectivity index (χ0n) is 19.3. The molecule has 0 unspecified atom stereocenters. The number of carbonyl (C=O) groups excluding carboxylic acids is 1. The number of hydrogen-bond acceptors (Lipinski definition) is 6. The Morgan fingerprint density at radius 3 is 2.65 bits per heavy atom. The maximum Gasteiger partial charge on any atom is 0.407 e. The Morgan fingerprint density at radius 1 is 1.15 bits per heavy atom. The number of hydrogen-bond donors (Lipinski definition) is 1. The van der Waals surface area contributed by atoms with Crippen molar-refractivity contribution in [3.63, 3.8) is 0 Å². The zero-order valence-corrected chi connectivity index (χ0v) is 19.3. The van der Waals surface area contributed by atoms with Crippen LogP contribution in [0.3, 0.4) is 0 Å². The molecule has 3 aromatic rings. The molecule has 1 N–H and O–H groups in total. The zero-order chi connectivity index (χ0) is 24.1. The van der Waals surface area contributed by atoms with Gasteiger partial charge in [-0.2, -0.15) is 0 Å². The van der Waals surface area contributed by atoms with E-state index in [1.165, 1.54) is 6.07 Å². The molecule has 0 radical (unpaired) electrons. The molecule has 0 atom stereocenters. The fraction of sp³-hybridized carbons (Fsp3) is 0.400. The van der Waals surface area contributed by atoms with Crippen LogP contribution in [0.25, 0.3) is 22.3 Å². The van der Waals surface area contributed by atoms with Gasteiger partial charge in [0.05, 0.1) is 12.1 Å². The number of piperidine rings is 1. The van der Waals surface area contributed by atoms with E-state index in [-0.39, 0.29) is 24.0 Å². The number of alkyl carbamates (subject to hydrolysis) is 1. The van der Waals surface area contributed by atoms with Crippen molar-refractivity contribution >= 4 is 22.8 Å². The van der Waals surface area contributed by atoms with E-state index in [2.05, 4.69) is 15.2 Å². The number of benzene rings is 2. The van der Waals surface area contributed by atoms with Crippen LogP contribution in [-0.2, 0) is 9.47 Å². The third kappa shape index (κ3) is 5.41. The normalized spacial score (nSPS) is 14.6. The van der Waals surface area contributed by atoms with Gasteiger partial charge in [-0.05, 0) is 37.5 Å². The summed E-state index contributed by atoms with van der Waals surface area (Å²) in [5, 5.41) is 3.76. The second-order valence-corrected chi connectivity index (χ2v) is 8.31. The van der Waals surface area contributed by atoms with E-state index in [1.54, 1.807) is 25.3 Å². The molecule has 2 heterocycles. The lowest BCUT2D eigenvalue weighted by Crippen LogP contribution is -2.45. The van der Waals surface area contributed by atoms with Gasteiger partial charge in [-0.3, -0.25) is 0 Å². The van der Waals surface area contributed by atoms with Gasteiger partial charge in [0.2, 0.25) is 0 Å². The molecule has 2 aromatic carbocycles. The molecule has 7 nitrogen and oxygen atoms in total. The maximum atomic E-state index is 13.7. The van der Waals surface area contributed by atoms with E-state index in [1.807, 2.05) is 25.1 Å². The first kappa shape index (κ1) is 23.8. The standard InChI is InChI=1S/C25H28F2N4O3/c1-16-7-8-20-21(15-16)29-23(19-6-4-3-5-18(19)22(26)27)30-24(20)31-11-9-17(10-12-31)28-25(32)34-14-13-33-2/h3-8,15,17,22H,9-14H2,1-2H3,(H,28,32). The van der Waals surface area contributed by atoms with Gasteiger partial charge in [0.1, 0.15) is 12.4 Å². The third-order valence-corrected chi connectivity index (χ3v) is 5.91. The molecule has 0 spiro atoms. The number of carbonyl (C=O) groups is 1. The van der Waals surface area contributed by atoms with Crippen LogP contribution >= 0.6 is 0 Å². The van der Waals surface area contributed by atoms with Crippen LogP contribution in [0.1, 0.15) is 30.4 Å². The first-order valence-corrected chi connectivity index (χ1v) is 11.3. The molecule has 34 heavy (non-hydrogen) atoms. The van der Waals surface area contributed by atoms with Crippen LogP contribution < -0.4 is 10.2 Å². The minimum Gasteiger partial charge on any atom is -0.447 e. The largest absolute Gasteiger partial charge is 0.447 e. The Hall–Kier alpha value is -3.33. The number of ether oxygens (including phenoxy) is 2. The highest BCUT2D eigenvalue weighted by Crippen LogP contribution is 2.34. The minimum atomic E-state index is -2.62. The minimum absolute atomic E-state index is 0.0133. The van der Waals surface area contributed by atoms with Gasteiger partial charge in [0.25, 0.3) is 6.43 Å². The Kier molecular flexibility index (Phi) is 7.52. The SMILES string of the molecule is COCCOC(=O)NC1CCN(c2nc(-c3ccccc3C(F)F)nc3cc(C)ccc23)CC1. The fourth-order valence-electron chi connectivity index (χ4n) is 4.14. The molecule has 180 valence electrons. The van der Waals surface area contributed by atoms with E-state index < -0.39 is 12.5 Å². The van der Waals surface area contributed by atoms with Crippen molar-refractivity contribution in [3.05, 3.63) is 53.6 Å². The predicted molar refractivity (Wildman–Crippen MR) is 126 cm³/mol. The Balaban J connectivity index is 1.59. The molecule has 1 aliphatic heterocycles. The molecule has 1 aromatic heterocycles. The Bertz CT molecular complexity index is 1150. The Morgan fingerprint density at radius 2 is 1.91 bits per heavy atom. The quantitative estimate of drug-likeness (QED) is 0.496. The summed E-state index contributed by atoms with van der Waals surface area (Å²) in [6.45, 7) is 3.83. The summed E-state index contributed by atoms with van der Waals surface area (Å²) in [4.78, 5) is 23.5. The van der Waals surface area contributed by atoms with Gasteiger partial charge in [0, 0.05) is 42.8 Å². The highest BCUT2D eigenvalue weighted by Gasteiger charge is 2.25. The second-order valence-electron chi connectivity index (χ2n) is 8.31. The van der Waals surface area contributed by atoms with Crippen molar-refractivity contribution in [1.82, 2.24) is 15.3 Å². The van der Waals surface area contributed by atoms with Crippen LogP contribution in [-0.4, -0.2) is 55.5 Å². The van der Waals surface area contributed by atoms with E-state index in [9.17, 15) is 13.6 Å². The molecular weight excluding hydrogens is 442 g/mol. The first-order chi connectivity index (χ1) is 16.5. The van der Waals surface area contributed by atoms with E-state index >= 15 is 0 Å². The number of fused-ring (bicyclic) bond motifs is 1. The smallest absolute Gasteiger partial charge is 0.407 e. The molecule has 4 rings (SSSR count). The lowest BCUT2D eigenvalue weighted by molar-refractivity contribution is 0.0956. The number of rotatable bonds is 7. The molecule has 0 aliphatic carbocycles. The number of alkyl halides is 2. The second kappa shape index (κ2) is 10.7. The number of halogens is 2. The van der Waals surface area contributed by atoms with Gasteiger partial charge >= 0.3 is 6.09 Å². The summed E-state index contributed by atoms with van der Waals surface area (Å²) in [5.74, 6) is 0.996. The number of nitrogens with zero attached hydrogens (tertiary/aromatic N) is 3.